The van der Waals surface area contributed by atoms with Crippen molar-refractivity contribution in [1.29, 1.82) is 0 Å². The Morgan fingerprint density at radius 3 is 2.07 bits per heavy atom. The van der Waals surface area contributed by atoms with Gasteiger partial charge in [-0.15, -0.1) is 0 Å². The topological polar surface area (TPSA) is 35.6 Å². The van der Waals surface area contributed by atoms with Crippen LogP contribution in [0, 0.1) is 0 Å². The third-order valence-corrected chi connectivity index (χ3v) is 2.44. The van der Waals surface area contributed by atoms with E-state index in [4.69, 9.17) is 0 Å². The Hall–Kier alpha value is -0.610. The van der Waals surface area contributed by atoms with Crippen LogP contribution in [0.4, 0.5) is 0 Å². The average Bonchev–Trinajstić information content (AvgIpc) is 2.12. The zero-order valence-corrected chi connectivity index (χ0v) is 10.2. The van der Waals surface area contributed by atoms with Gasteiger partial charge in [0.25, 0.3) is 0 Å². The Balaban J connectivity index is 4.22. The molecule has 1 N–H and O–H groups in total. The summed E-state index contributed by atoms with van der Waals surface area (Å²) in [6.45, 7) is 4.98. The van der Waals surface area contributed by atoms with E-state index in [0.29, 0.717) is 6.04 Å². The first-order valence-electron chi connectivity index (χ1n) is 4.98. The van der Waals surface area contributed by atoms with Gasteiger partial charge in [-0.25, -0.2) is 0 Å². The highest BCUT2D eigenvalue weighted by Gasteiger charge is 2.20. The van der Waals surface area contributed by atoms with Crippen LogP contribution in [-0.4, -0.2) is 62.5 Å². The quantitative estimate of drug-likeness (QED) is 0.680. The minimum absolute atomic E-state index is 0.114. The highest BCUT2D eigenvalue weighted by Crippen LogP contribution is 1.98. The fourth-order valence-electron chi connectivity index (χ4n) is 1.10. The lowest BCUT2D eigenvalue weighted by molar-refractivity contribution is -0.131. The third-order valence-electron chi connectivity index (χ3n) is 2.44. The van der Waals surface area contributed by atoms with Crippen LogP contribution in [0.3, 0.4) is 0 Å². The molecule has 1 amide bonds. The highest BCUT2D eigenvalue weighted by atomic mass is 16.2. The smallest absolute Gasteiger partial charge is 0.240 e. The first-order valence-corrected chi connectivity index (χ1v) is 4.98. The summed E-state index contributed by atoms with van der Waals surface area (Å²) in [6.07, 6.45) is 0. The van der Waals surface area contributed by atoms with Crippen LogP contribution < -0.4 is 5.32 Å². The van der Waals surface area contributed by atoms with Crippen molar-refractivity contribution in [1.82, 2.24) is 15.1 Å². The molecule has 0 fully saturated rings. The molecule has 0 aromatic heterocycles. The second-order valence-corrected chi connectivity index (χ2v) is 4.11. The molecule has 0 aromatic carbocycles. The molecule has 0 aliphatic carbocycles. The maximum absolute atomic E-state index is 11.7. The van der Waals surface area contributed by atoms with Gasteiger partial charge in [-0.2, -0.15) is 0 Å². The lowest BCUT2D eigenvalue weighted by atomic mass is 10.2. The summed E-state index contributed by atoms with van der Waals surface area (Å²) in [5, 5.41) is 3.04. The number of nitrogens with one attached hydrogen (secondary N) is 1. The third kappa shape index (κ3) is 4.07. The zero-order chi connectivity index (χ0) is 11.3. The number of likely N-dealkylation sites (N-methyl/N-ethyl adjacent to an activating group) is 3. The van der Waals surface area contributed by atoms with Gasteiger partial charge in [-0.05, 0) is 27.9 Å². The van der Waals surface area contributed by atoms with Crippen molar-refractivity contribution >= 4 is 5.91 Å². The van der Waals surface area contributed by atoms with Crippen LogP contribution in [-0.2, 0) is 4.79 Å². The molecule has 84 valence electrons. The van der Waals surface area contributed by atoms with Crippen LogP contribution in [0.15, 0.2) is 0 Å². The van der Waals surface area contributed by atoms with E-state index in [1.807, 2.05) is 14.1 Å². The van der Waals surface area contributed by atoms with Gasteiger partial charge < -0.3 is 15.1 Å². The lowest BCUT2D eigenvalue weighted by Crippen LogP contribution is -2.49. The van der Waals surface area contributed by atoms with Crippen molar-refractivity contribution in [2.24, 2.45) is 0 Å². The normalized spacial score (nSPS) is 13.4. The Morgan fingerprint density at radius 1 is 1.29 bits per heavy atom. The van der Waals surface area contributed by atoms with E-state index >= 15 is 0 Å². The summed E-state index contributed by atoms with van der Waals surface area (Å²) < 4.78 is 0. The number of carbonyl (C=O) groups is 1. The maximum atomic E-state index is 11.7. The van der Waals surface area contributed by atoms with Gasteiger partial charge in [0.15, 0.2) is 0 Å². The molecule has 14 heavy (non-hydrogen) atoms. The molecule has 0 aliphatic heterocycles. The highest BCUT2D eigenvalue weighted by molar-refractivity contribution is 5.81. The predicted octanol–water partition coefficient (Wildman–Crippen LogP) is 0.00280. The Labute approximate surface area is 87.3 Å². The summed E-state index contributed by atoms with van der Waals surface area (Å²) in [6, 6.07) is 0.346. The van der Waals surface area contributed by atoms with Crippen molar-refractivity contribution < 1.29 is 4.79 Å². The number of amides is 1. The van der Waals surface area contributed by atoms with E-state index in [1.165, 1.54) is 0 Å². The Bertz CT molecular complexity index is 180. The second kappa shape index (κ2) is 5.98. The molecular formula is C10H23N3O. The molecule has 0 saturated carbocycles. The molecule has 0 bridgehead atoms. The molecule has 0 aromatic rings. The molecule has 0 spiro atoms. The van der Waals surface area contributed by atoms with Gasteiger partial charge in [-0.3, -0.25) is 4.79 Å². The van der Waals surface area contributed by atoms with Crippen molar-refractivity contribution in [2.75, 3.05) is 34.7 Å². The first-order chi connectivity index (χ1) is 6.40. The lowest BCUT2D eigenvalue weighted by Gasteiger charge is -2.27. The average molecular weight is 201 g/mol. The van der Waals surface area contributed by atoms with E-state index in [2.05, 4.69) is 24.1 Å². The molecule has 1 unspecified atom stereocenters. The number of carbonyl (C=O) groups excluding carboxylic acids is 1. The Morgan fingerprint density at radius 2 is 1.79 bits per heavy atom. The number of nitrogens with zero attached hydrogens (tertiary/aromatic N) is 2. The van der Waals surface area contributed by atoms with Crippen LogP contribution in [0.25, 0.3) is 0 Å². The molecule has 0 rings (SSSR count). The Kier molecular flexibility index (Phi) is 5.72. The van der Waals surface area contributed by atoms with Crippen LogP contribution >= 0.6 is 0 Å². The van der Waals surface area contributed by atoms with Gasteiger partial charge >= 0.3 is 0 Å². The van der Waals surface area contributed by atoms with E-state index in [0.717, 1.165) is 6.54 Å². The summed E-state index contributed by atoms with van der Waals surface area (Å²) >= 11 is 0. The number of hydrogen-bond donors (Lipinski definition) is 1. The summed E-state index contributed by atoms with van der Waals surface area (Å²) in [4.78, 5) is 15.4. The van der Waals surface area contributed by atoms with Gasteiger partial charge in [0, 0.05) is 26.7 Å². The largest absolute Gasteiger partial charge is 0.347 e. The molecule has 0 aliphatic rings. The molecular weight excluding hydrogens is 178 g/mol. The van der Waals surface area contributed by atoms with Gasteiger partial charge in [0.2, 0.25) is 5.91 Å². The van der Waals surface area contributed by atoms with Crippen LogP contribution in [0.5, 0.6) is 0 Å². The fourth-order valence-corrected chi connectivity index (χ4v) is 1.10. The van der Waals surface area contributed by atoms with E-state index in [1.54, 1.807) is 19.0 Å². The van der Waals surface area contributed by atoms with E-state index < -0.39 is 0 Å². The standard InChI is InChI=1S/C10H23N3O/c1-8(2)13(6)7-9(11-3)10(14)12(4)5/h8-9,11H,7H2,1-6H3. The SMILES string of the molecule is CNC(CN(C)C(C)C)C(=O)N(C)C. The van der Waals surface area contributed by atoms with Crippen molar-refractivity contribution in [3.8, 4) is 0 Å². The van der Waals surface area contributed by atoms with Gasteiger partial charge in [-0.1, -0.05) is 0 Å². The predicted molar refractivity (Wildman–Crippen MR) is 59.3 cm³/mol. The maximum Gasteiger partial charge on any atom is 0.240 e. The second-order valence-electron chi connectivity index (χ2n) is 4.11. The molecule has 4 nitrogen and oxygen atoms in total. The molecule has 0 radical (unpaired) electrons. The van der Waals surface area contributed by atoms with E-state index in [-0.39, 0.29) is 11.9 Å². The number of rotatable bonds is 5. The summed E-state index contributed by atoms with van der Waals surface area (Å²) in [7, 11) is 7.41. The monoisotopic (exact) mass is 201 g/mol. The number of hydrogen-bond acceptors (Lipinski definition) is 3. The van der Waals surface area contributed by atoms with E-state index in [9.17, 15) is 4.79 Å². The van der Waals surface area contributed by atoms with Gasteiger partial charge in [0.1, 0.15) is 0 Å². The minimum atomic E-state index is -0.114. The molecule has 0 heterocycles. The zero-order valence-electron chi connectivity index (χ0n) is 10.2. The van der Waals surface area contributed by atoms with Crippen LogP contribution in [0.1, 0.15) is 13.8 Å². The first kappa shape index (κ1) is 13.4. The fraction of sp³-hybridized carbons (Fsp3) is 0.900. The minimum Gasteiger partial charge on any atom is -0.347 e. The van der Waals surface area contributed by atoms with Crippen molar-refractivity contribution in [3.05, 3.63) is 0 Å². The molecule has 0 saturated heterocycles. The molecule has 1 atom stereocenters. The molecule has 4 heteroatoms. The van der Waals surface area contributed by atoms with Crippen molar-refractivity contribution in [3.63, 3.8) is 0 Å². The van der Waals surface area contributed by atoms with Crippen molar-refractivity contribution in [2.45, 2.75) is 25.9 Å². The van der Waals surface area contributed by atoms with Gasteiger partial charge in [0.05, 0.1) is 6.04 Å². The summed E-state index contributed by atoms with van der Waals surface area (Å²) in [5.41, 5.74) is 0. The summed E-state index contributed by atoms with van der Waals surface area (Å²) in [5.74, 6) is 0.125. The van der Waals surface area contributed by atoms with Crippen LogP contribution in [0.2, 0.25) is 0 Å².